The third kappa shape index (κ3) is 13.4. The van der Waals surface area contributed by atoms with Crippen LogP contribution in [0.5, 0.6) is 0 Å². The maximum atomic E-state index is 9.62. The molecule has 0 fully saturated rings. The van der Waals surface area contributed by atoms with Gasteiger partial charge in [0.25, 0.3) is 0 Å². The minimum absolute atomic E-state index is 0.363. The molecule has 3 atom stereocenters. The Balaban J connectivity index is 4.00. The average Bonchev–Trinajstić information content (AvgIpc) is 2.22. The lowest BCUT2D eigenvalue weighted by atomic mass is 9.80. The van der Waals surface area contributed by atoms with Gasteiger partial charge in [-0.05, 0) is 54.3 Å². The molecule has 0 aromatic carbocycles. The van der Waals surface area contributed by atoms with Gasteiger partial charge in [0.05, 0.1) is 0 Å². The monoisotopic (exact) mass is 298 g/mol. The van der Waals surface area contributed by atoms with Crippen LogP contribution in [0.3, 0.4) is 0 Å². The van der Waals surface area contributed by atoms with E-state index in [4.69, 9.17) is 0 Å². The third-order valence-corrected chi connectivity index (χ3v) is 4.22. The SMILES string of the molecule is CC(CCCC(CO)CC(C)CC(C)(C)C)CC(C)(C)C. The van der Waals surface area contributed by atoms with E-state index < -0.39 is 0 Å². The van der Waals surface area contributed by atoms with Crippen molar-refractivity contribution in [3.63, 3.8) is 0 Å². The molecule has 0 rings (SSSR count). The Morgan fingerprint density at radius 1 is 0.762 bits per heavy atom. The first-order valence-electron chi connectivity index (χ1n) is 9.04. The predicted octanol–water partition coefficient (Wildman–Crippen LogP) is 6.30. The van der Waals surface area contributed by atoms with Crippen LogP contribution in [0.15, 0.2) is 0 Å². The number of rotatable bonds is 9. The smallest absolute Gasteiger partial charge is 0.0459 e. The molecule has 0 aromatic heterocycles. The maximum Gasteiger partial charge on any atom is 0.0459 e. The number of aliphatic hydroxyl groups excluding tert-OH is 1. The summed E-state index contributed by atoms with van der Waals surface area (Å²) in [4.78, 5) is 0. The molecule has 1 nitrogen and oxygen atoms in total. The topological polar surface area (TPSA) is 20.2 Å². The Bertz CT molecular complexity index is 256. The van der Waals surface area contributed by atoms with E-state index in [1.54, 1.807) is 0 Å². The van der Waals surface area contributed by atoms with Crippen molar-refractivity contribution in [2.75, 3.05) is 6.61 Å². The average molecular weight is 299 g/mol. The van der Waals surface area contributed by atoms with Gasteiger partial charge in [-0.2, -0.15) is 0 Å². The van der Waals surface area contributed by atoms with Crippen molar-refractivity contribution >= 4 is 0 Å². The quantitative estimate of drug-likeness (QED) is 0.529. The van der Waals surface area contributed by atoms with Crippen LogP contribution >= 0.6 is 0 Å². The summed E-state index contributed by atoms with van der Waals surface area (Å²) in [6, 6.07) is 0. The fourth-order valence-corrected chi connectivity index (χ4v) is 3.88. The molecule has 128 valence electrons. The highest BCUT2D eigenvalue weighted by Crippen LogP contribution is 2.31. The van der Waals surface area contributed by atoms with Gasteiger partial charge in [0, 0.05) is 6.61 Å². The molecule has 0 aliphatic rings. The molecule has 0 radical (unpaired) electrons. The summed E-state index contributed by atoms with van der Waals surface area (Å²) in [5, 5.41) is 9.62. The van der Waals surface area contributed by atoms with Crippen molar-refractivity contribution in [1.82, 2.24) is 0 Å². The lowest BCUT2D eigenvalue weighted by Gasteiger charge is -2.27. The highest BCUT2D eigenvalue weighted by Gasteiger charge is 2.19. The summed E-state index contributed by atoms with van der Waals surface area (Å²) < 4.78 is 0. The zero-order valence-corrected chi connectivity index (χ0v) is 16.1. The minimum atomic E-state index is 0.363. The van der Waals surface area contributed by atoms with Crippen LogP contribution in [0, 0.1) is 28.6 Å². The van der Waals surface area contributed by atoms with Crippen LogP contribution in [-0.4, -0.2) is 11.7 Å². The van der Waals surface area contributed by atoms with Crippen molar-refractivity contribution in [3.05, 3.63) is 0 Å². The van der Waals surface area contributed by atoms with Gasteiger partial charge in [-0.1, -0.05) is 68.2 Å². The van der Waals surface area contributed by atoms with Crippen LogP contribution in [0.2, 0.25) is 0 Å². The molecule has 21 heavy (non-hydrogen) atoms. The van der Waals surface area contributed by atoms with Crippen molar-refractivity contribution in [3.8, 4) is 0 Å². The van der Waals surface area contributed by atoms with Crippen molar-refractivity contribution < 1.29 is 5.11 Å². The molecule has 1 N–H and O–H groups in total. The molecular weight excluding hydrogens is 256 g/mol. The lowest BCUT2D eigenvalue weighted by molar-refractivity contribution is 0.173. The van der Waals surface area contributed by atoms with Gasteiger partial charge in [0.15, 0.2) is 0 Å². The Kier molecular flexibility index (Phi) is 9.16. The number of aliphatic hydroxyl groups is 1. The summed E-state index contributed by atoms with van der Waals surface area (Å²) in [5.74, 6) is 2.02. The van der Waals surface area contributed by atoms with Gasteiger partial charge < -0.3 is 5.11 Å². The molecule has 0 spiro atoms. The van der Waals surface area contributed by atoms with Gasteiger partial charge in [0.2, 0.25) is 0 Å². The molecule has 0 saturated carbocycles. The minimum Gasteiger partial charge on any atom is -0.396 e. The van der Waals surface area contributed by atoms with Crippen LogP contribution in [0.4, 0.5) is 0 Å². The van der Waals surface area contributed by atoms with Gasteiger partial charge in [-0.25, -0.2) is 0 Å². The van der Waals surface area contributed by atoms with Crippen molar-refractivity contribution in [1.29, 1.82) is 0 Å². The van der Waals surface area contributed by atoms with Crippen LogP contribution in [0.1, 0.15) is 93.9 Å². The summed E-state index contributed by atoms with van der Waals surface area (Å²) in [6.07, 6.45) is 7.51. The van der Waals surface area contributed by atoms with Crippen LogP contribution in [0.25, 0.3) is 0 Å². The molecule has 0 amide bonds. The van der Waals surface area contributed by atoms with Gasteiger partial charge in [0.1, 0.15) is 0 Å². The van der Waals surface area contributed by atoms with E-state index in [9.17, 15) is 5.11 Å². The first-order chi connectivity index (χ1) is 9.43. The normalized spacial score (nSPS) is 17.6. The Morgan fingerprint density at radius 2 is 1.24 bits per heavy atom. The number of hydrogen-bond donors (Lipinski definition) is 1. The molecule has 3 unspecified atom stereocenters. The fourth-order valence-electron chi connectivity index (χ4n) is 3.88. The molecule has 1 heteroatoms. The summed E-state index contributed by atoms with van der Waals surface area (Å²) in [5.41, 5.74) is 0.845. The van der Waals surface area contributed by atoms with Crippen molar-refractivity contribution in [2.24, 2.45) is 28.6 Å². The number of hydrogen-bond acceptors (Lipinski definition) is 1. The van der Waals surface area contributed by atoms with Gasteiger partial charge in [-0.15, -0.1) is 0 Å². The standard InChI is InChI=1S/C20H42O/c1-16(13-19(3,4)5)10-9-11-18(15-21)12-17(2)14-20(6,7)8/h16-18,21H,9-15H2,1-8H3. The Hall–Kier alpha value is -0.0400. The lowest BCUT2D eigenvalue weighted by Crippen LogP contribution is -2.17. The summed E-state index contributed by atoms with van der Waals surface area (Å²) >= 11 is 0. The molecule has 0 heterocycles. The largest absolute Gasteiger partial charge is 0.396 e. The van der Waals surface area contributed by atoms with Gasteiger partial charge in [-0.3, -0.25) is 0 Å². The molecule has 0 aliphatic heterocycles. The Labute approximate surface area is 134 Å². The second kappa shape index (κ2) is 9.18. The predicted molar refractivity (Wildman–Crippen MR) is 95.5 cm³/mol. The van der Waals surface area contributed by atoms with Crippen LogP contribution < -0.4 is 0 Å². The molecule has 0 aliphatic carbocycles. The first kappa shape index (κ1) is 21.0. The van der Waals surface area contributed by atoms with E-state index >= 15 is 0 Å². The molecular formula is C20H42O. The molecule has 0 aromatic rings. The highest BCUT2D eigenvalue weighted by molar-refractivity contribution is 4.71. The van der Waals surface area contributed by atoms with E-state index in [1.165, 1.54) is 38.5 Å². The molecule has 0 bridgehead atoms. The zero-order valence-electron chi connectivity index (χ0n) is 16.1. The summed E-state index contributed by atoms with van der Waals surface area (Å²) in [7, 11) is 0. The van der Waals surface area contributed by atoms with Crippen LogP contribution in [-0.2, 0) is 0 Å². The zero-order chi connectivity index (χ0) is 16.7. The van der Waals surface area contributed by atoms with E-state index in [2.05, 4.69) is 55.4 Å². The second-order valence-corrected chi connectivity index (χ2v) is 9.96. The second-order valence-electron chi connectivity index (χ2n) is 9.96. The van der Waals surface area contributed by atoms with Gasteiger partial charge >= 0.3 is 0 Å². The Morgan fingerprint density at radius 3 is 1.67 bits per heavy atom. The van der Waals surface area contributed by atoms with E-state index in [0.717, 1.165) is 5.92 Å². The van der Waals surface area contributed by atoms with E-state index in [-0.39, 0.29) is 0 Å². The third-order valence-electron chi connectivity index (χ3n) is 4.22. The van der Waals surface area contributed by atoms with Crippen molar-refractivity contribution in [2.45, 2.75) is 93.9 Å². The first-order valence-corrected chi connectivity index (χ1v) is 9.04. The van der Waals surface area contributed by atoms with E-state index in [0.29, 0.717) is 29.3 Å². The van der Waals surface area contributed by atoms with E-state index in [1.807, 2.05) is 0 Å². The molecule has 0 saturated heterocycles. The summed E-state index contributed by atoms with van der Waals surface area (Å²) in [6.45, 7) is 19.0. The maximum absolute atomic E-state index is 9.62. The fraction of sp³-hybridized carbons (Fsp3) is 1.00. The highest BCUT2D eigenvalue weighted by atomic mass is 16.3.